The van der Waals surface area contributed by atoms with Crippen molar-refractivity contribution in [2.45, 2.75) is 18.9 Å². The molecule has 1 aromatic heterocycles. The lowest BCUT2D eigenvalue weighted by Gasteiger charge is -2.25. The number of nitrogens with zero attached hydrogens (tertiary/aromatic N) is 1. The molecule has 4 rings (SSSR count). The molecule has 1 saturated heterocycles. The molecule has 122 valence electrons. The highest BCUT2D eigenvalue weighted by atomic mass is 19.1. The summed E-state index contributed by atoms with van der Waals surface area (Å²) in [6.45, 7) is 0.709. The van der Waals surface area contributed by atoms with Crippen LogP contribution in [0.15, 0.2) is 54.7 Å². The van der Waals surface area contributed by atoms with Gasteiger partial charge in [0.15, 0.2) is 0 Å². The van der Waals surface area contributed by atoms with Crippen LogP contribution in [0.25, 0.3) is 10.9 Å². The van der Waals surface area contributed by atoms with E-state index in [2.05, 4.69) is 10.3 Å². The number of aromatic nitrogens is 1. The number of nitrogens with one attached hydrogen (secondary N) is 2. The number of benzene rings is 2. The summed E-state index contributed by atoms with van der Waals surface area (Å²) in [5.41, 5.74) is 2.79. The van der Waals surface area contributed by atoms with Gasteiger partial charge in [0.1, 0.15) is 5.82 Å². The molecule has 2 heterocycles. The van der Waals surface area contributed by atoms with Crippen molar-refractivity contribution in [2.24, 2.45) is 0 Å². The lowest BCUT2D eigenvalue weighted by atomic mass is 10.0. The van der Waals surface area contributed by atoms with Gasteiger partial charge in [-0.3, -0.25) is 0 Å². The van der Waals surface area contributed by atoms with E-state index < -0.39 is 0 Å². The monoisotopic (exact) mass is 323 g/mol. The third-order valence-electron chi connectivity index (χ3n) is 4.57. The first kappa shape index (κ1) is 14.8. The average molecular weight is 323 g/mol. The molecule has 2 N–H and O–H groups in total. The van der Waals surface area contributed by atoms with Crippen molar-refractivity contribution in [3.8, 4) is 0 Å². The molecule has 0 aliphatic carbocycles. The van der Waals surface area contributed by atoms with Crippen molar-refractivity contribution in [3.63, 3.8) is 0 Å². The van der Waals surface area contributed by atoms with E-state index in [1.54, 1.807) is 12.1 Å². The van der Waals surface area contributed by atoms with Crippen LogP contribution in [-0.4, -0.2) is 22.5 Å². The predicted octanol–water partition coefficient (Wildman–Crippen LogP) is 4.68. The molecule has 24 heavy (non-hydrogen) atoms. The number of likely N-dealkylation sites (tertiary alicyclic amines) is 1. The van der Waals surface area contributed by atoms with Crippen LogP contribution >= 0.6 is 0 Å². The number of halogens is 1. The molecule has 2 amide bonds. The van der Waals surface area contributed by atoms with E-state index >= 15 is 0 Å². The Morgan fingerprint density at radius 1 is 1.17 bits per heavy atom. The van der Waals surface area contributed by atoms with E-state index in [-0.39, 0.29) is 17.9 Å². The highest BCUT2D eigenvalue weighted by Gasteiger charge is 2.30. The summed E-state index contributed by atoms with van der Waals surface area (Å²) < 4.78 is 13.1. The number of amides is 2. The summed E-state index contributed by atoms with van der Waals surface area (Å²) in [6.07, 6.45) is 3.73. The van der Waals surface area contributed by atoms with Gasteiger partial charge in [0.25, 0.3) is 0 Å². The van der Waals surface area contributed by atoms with Gasteiger partial charge in [-0.2, -0.15) is 0 Å². The fourth-order valence-corrected chi connectivity index (χ4v) is 3.37. The highest BCUT2D eigenvalue weighted by Crippen LogP contribution is 2.32. The first-order valence-corrected chi connectivity index (χ1v) is 8.11. The Kier molecular flexibility index (Phi) is 3.69. The van der Waals surface area contributed by atoms with Gasteiger partial charge in [-0.1, -0.05) is 12.1 Å². The molecule has 1 atom stereocenters. The topological polar surface area (TPSA) is 48.1 Å². The van der Waals surface area contributed by atoms with Crippen molar-refractivity contribution in [2.75, 3.05) is 11.9 Å². The molecule has 0 spiro atoms. The van der Waals surface area contributed by atoms with Crippen molar-refractivity contribution < 1.29 is 9.18 Å². The van der Waals surface area contributed by atoms with E-state index in [4.69, 9.17) is 0 Å². The number of carbonyl (C=O) groups is 1. The molecule has 4 nitrogen and oxygen atoms in total. The lowest BCUT2D eigenvalue weighted by Crippen LogP contribution is -2.34. The third-order valence-corrected chi connectivity index (χ3v) is 4.57. The normalized spacial score (nSPS) is 17.4. The number of carbonyl (C=O) groups excluding carboxylic acids is 1. The minimum Gasteiger partial charge on any atom is -0.361 e. The second kappa shape index (κ2) is 6.00. The van der Waals surface area contributed by atoms with Crippen molar-refractivity contribution in [1.29, 1.82) is 0 Å². The minimum absolute atomic E-state index is 0.00147. The van der Waals surface area contributed by atoms with E-state index in [0.29, 0.717) is 6.54 Å². The highest BCUT2D eigenvalue weighted by molar-refractivity contribution is 5.93. The number of urea groups is 1. The van der Waals surface area contributed by atoms with Crippen molar-refractivity contribution in [1.82, 2.24) is 9.88 Å². The van der Waals surface area contributed by atoms with Crippen molar-refractivity contribution >= 4 is 22.6 Å². The lowest BCUT2D eigenvalue weighted by molar-refractivity contribution is 0.207. The summed E-state index contributed by atoms with van der Waals surface area (Å²) >= 11 is 0. The summed E-state index contributed by atoms with van der Waals surface area (Å²) in [5, 5.41) is 4.04. The molecule has 0 saturated carbocycles. The zero-order valence-corrected chi connectivity index (χ0v) is 13.1. The molecule has 1 aliphatic rings. The smallest absolute Gasteiger partial charge is 0.322 e. The maximum absolute atomic E-state index is 13.1. The second-order valence-corrected chi connectivity index (χ2v) is 6.11. The predicted molar refractivity (Wildman–Crippen MR) is 92.4 cm³/mol. The summed E-state index contributed by atoms with van der Waals surface area (Å²) in [6, 6.07) is 14.1. The van der Waals surface area contributed by atoms with Gasteiger partial charge in [0, 0.05) is 29.3 Å². The number of rotatable bonds is 2. The quantitative estimate of drug-likeness (QED) is 0.707. The zero-order valence-electron chi connectivity index (χ0n) is 13.1. The Hall–Kier alpha value is -2.82. The Labute approximate surface area is 139 Å². The number of anilines is 1. The fourth-order valence-electron chi connectivity index (χ4n) is 3.37. The van der Waals surface area contributed by atoms with Crippen molar-refractivity contribution in [3.05, 3.63) is 66.1 Å². The van der Waals surface area contributed by atoms with Gasteiger partial charge in [0.05, 0.1) is 6.04 Å². The van der Waals surface area contributed by atoms with E-state index in [1.807, 2.05) is 35.4 Å². The molecular weight excluding hydrogens is 305 g/mol. The number of hydrogen-bond acceptors (Lipinski definition) is 1. The summed E-state index contributed by atoms with van der Waals surface area (Å²) in [7, 11) is 0. The Morgan fingerprint density at radius 2 is 2.00 bits per heavy atom. The molecular formula is C19H18FN3O. The maximum atomic E-state index is 13.1. The van der Waals surface area contributed by atoms with Gasteiger partial charge >= 0.3 is 6.03 Å². The van der Waals surface area contributed by atoms with Crippen LogP contribution in [-0.2, 0) is 0 Å². The summed E-state index contributed by atoms with van der Waals surface area (Å²) in [5.74, 6) is -0.257. The SMILES string of the molecule is O=C(Nc1ccc2[nH]ccc2c1)N1CCCC1c1ccc(F)cc1. The number of fused-ring (bicyclic) bond motifs is 1. The minimum atomic E-state index is -0.257. The van der Waals surface area contributed by atoms with Crippen LogP contribution in [0.5, 0.6) is 0 Å². The standard InChI is InChI=1S/C19H18FN3O/c20-15-5-3-13(4-6-15)18-2-1-11-23(18)19(24)22-16-7-8-17-14(12-16)9-10-21-17/h3-10,12,18,21H,1-2,11H2,(H,22,24). The van der Waals surface area contributed by atoms with Gasteiger partial charge in [0.2, 0.25) is 0 Å². The number of H-pyrrole nitrogens is 1. The van der Waals surface area contributed by atoms with Crippen LogP contribution in [0.3, 0.4) is 0 Å². The molecule has 0 radical (unpaired) electrons. The van der Waals surface area contributed by atoms with Gasteiger partial charge in [-0.15, -0.1) is 0 Å². The van der Waals surface area contributed by atoms with Crippen LogP contribution < -0.4 is 5.32 Å². The maximum Gasteiger partial charge on any atom is 0.322 e. The second-order valence-electron chi connectivity index (χ2n) is 6.11. The van der Waals surface area contributed by atoms with Crippen LogP contribution in [0.2, 0.25) is 0 Å². The fraction of sp³-hybridized carbons (Fsp3) is 0.211. The average Bonchev–Trinajstić information content (AvgIpc) is 3.24. The first-order valence-electron chi connectivity index (χ1n) is 8.11. The molecule has 1 aliphatic heterocycles. The Balaban J connectivity index is 1.53. The van der Waals surface area contributed by atoms with Crippen LogP contribution in [0.4, 0.5) is 14.9 Å². The molecule has 2 aromatic carbocycles. The van der Waals surface area contributed by atoms with E-state index in [1.165, 1.54) is 12.1 Å². The van der Waals surface area contributed by atoms with E-state index in [9.17, 15) is 9.18 Å². The van der Waals surface area contributed by atoms with E-state index in [0.717, 1.165) is 35.0 Å². The molecule has 5 heteroatoms. The molecule has 0 bridgehead atoms. The zero-order chi connectivity index (χ0) is 16.5. The molecule has 1 unspecified atom stereocenters. The number of aromatic amines is 1. The first-order chi connectivity index (χ1) is 11.7. The van der Waals surface area contributed by atoms with Crippen LogP contribution in [0.1, 0.15) is 24.4 Å². The van der Waals surface area contributed by atoms with Gasteiger partial charge in [-0.25, -0.2) is 9.18 Å². The van der Waals surface area contributed by atoms with Gasteiger partial charge in [-0.05, 0) is 54.8 Å². The Morgan fingerprint density at radius 3 is 2.83 bits per heavy atom. The molecule has 3 aromatic rings. The Bertz CT molecular complexity index is 872. The van der Waals surface area contributed by atoms with Crippen LogP contribution in [0, 0.1) is 5.82 Å². The molecule has 1 fully saturated rings. The van der Waals surface area contributed by atoms with Gasteiger partial charge < -0.3 is 15.2 Å². The largest absolute Gasteiger partial charge is 0.361 e. The number of hydrogen-bond donors (Lipinski definition) is 2. The summed E-state index contributed by atoms with van der Waals surface area (Å²) in [4.78, 5) is 17.6. The third kappa shape index (κ3) is 2.73.